The monoisotopic (exact) mass is 265 g/mol. The summed E-state index contributed by atoms with van der Waals surface area (Å²) in [5.74, 6) is 0.164. The van der Waals surface area contributed by atoms with Gasteiger partial charge in [0.05, 0.1) is 13.7 Å². The van der Waals surface area contributed by atoms with Gasteiger partial charge in [-0.15, -0.1) is 0 Å². The molecule has 0 unspecified atom stereocenters. The highest BCUT2D eigenvalue weighted by Crippen LogP contribution is 2.12. The Balaban J connectivity index is 2.13. The lowest BCUT2D eigenvalue weighted by atomic mass is 10.2. The van der Waals surface area contributed by atoms with Crippen molar-refractivity contribution in [2.75, 3.05) is 20.3 Å². The molecule has 1 rings (SSSR count). The zero-order valence-corrected chi connectivity index (χ0v) is 11.3. The minimum Gasteiger partial charge on any atom is -0.494 e. The number of carbonyl (C=O) groups excluding carboxylic acids is 2. The van der Waals surface area contributed by atoms with Gasteiger partial charge in [0.2, 0.25) is 5.91 Å². The van der Waals surface area contributed by atoms with Crippen LogP contribution in [-0.4, -0.2) is 32.1 Å². The van der Waals surface area contributed by atoms with Crippen LogP contribution in [0, 0.1) is 6.92 Å². The van der Waals surface area contributed by atoms with Gasteiger partial charge in [-0.2, -0.15) is 0 Å². The lowest BCUT2D eigenvalue weighted by Crippen LogP contribution is -2.30. The Hall–Kier alpha value is -2.04. The summed E-state index contributed by atoms with van der Waals surface area (Å²) in [4.78, 5) is 22.2. The second-order valence-corrected chi connectivity index (χ2v) is 4.12. The molecule has 5 nitrogen and oxygen atoms in total. The number of hydrogen-bond acceptors (Lipinski definition) is 4. The average Bonchev–Trinajstić information content (AvgIpc) is 2.41. The maximum absolute atomic E-state index is 11.4. The Bertz CT molecular complexity index is 431. The highest BCUT2D eigenvalue weighted by molar-refractivity contribution is 5.81. The van der Waals surface area contributed by atoms with Crippen LogP contribution in [0.25, 0.3) is 0 Å². The van der Waals surface area contributed by atoms with Gasteiger partial charge in [-0.1, -0.05) is 12.1 Å². The van der Waals surface area contributed by atoms with E-state index in [-0.39, 0.29) is 12.5 Å². The maximum atomic E-state index is 11.4. The zero-order valence-electron chi connectivity index (χ0n) is 11.3. The molecule has 0 heterocycles. The number of amides is 1. The largest absolute Gasteiger partial charge is 0.494 e. The fraction of sp³-hybridized carbons (Fsp3) is 0.429. The maximum Gasteiger partial charge on any atom is 0.325 e. The smallest absolute Gasteiger partial charge is 0.325 e. The molecule has 1 N–H and O–H groups in total. The minimum absolute atomic E-state index is 0.0892. The molecule has 5 heteroatoms. The molecule has 1 amide bonds. The van der Waals surface area contributed by atoms with Crippen LogP contribution in [0.3, 0.4) is 0 Å². The van der Waals surface area contributed by atoms with Crippen molar-refractivity contribution in [1.82, 2.24) is 5.32 Å². The van der Waals surface area contributed by atoms with Crippen LogP contribution < -0.4 is 10.1 Å². The summed E-state index contributed by atoms with van der Waals surface area (Å²) < 4.78 is 9.93. The predicted octanol–water partition coefficient (Wildman–Crippen LogP) is 1.44. The molecular weight excluding hydrogens is 246 g/mol. The minimum atomic E-state index is -0.454. The molecule has 0 aliphatic heterocycles. The molecule has 1 aromatic rings. The number of carbonyl (C=O) groups is 2. The second-order valence-electron chi connectivity index (χ2n) is 4.12. The van der Waals surface area contributed by atoms with E-state index in [0.717, 1.165) is 11.3 Å². The summed E-state index contributed by atoms with van der Waals surface area (Å²) in [5, 5.41) is 2.47. The third-order valence-corrected chi connectivity index (χ3v) is 2.46. The van der Waals surface area contributed by atoms with Gasteiger partial charge in [0, 0.05) is 6.42 Å². The third-order valence-electron chi connectivity index (χ3n) is 2.46. The molecule has 0 saturated carbocycles. The molecule has 0 aliphatic rings. The SMILES string of the molecule is COC(=O)CNC(=O)CCCOc1cccc(C)c1. The standard InChI is InChI=1S/C14H19NO4/c1-11-5-3-6-12(9-11)19-8-4-7-13(16)15-10-14(17)18-2/h3,5-6,9H,4,7-8,10H2,1-2H3,(H,15,16). The van der Waals surface area contributed by atoms with Crippen molar-refractivity contribution in [3.63, 3.8) is 0 Å². The topological polar surface area (TPSA) is 64.6 Å². The number of hydrogen-bond donors (Lipinski definition) is 1. The highest BCUT2D eigenvalue weighted by atomic mass is 16.5. The summed E-state index contributed by atoms with van der Waals surface area (Å²) in [7, 11) is 1.28. The number of esters is 1. The number of aryl methyl sites for hydroxylation is 1. The summed E-state index contributed by atoms with van der Waals surface area (Å²) in [6.07, 6.45) is 0.920. The van der Waals surface area contributed by atoms with Crippen molar-refractivity contribution in [3.05, 3.63) is 29.8 Å². The molecule has 0 aliphatic carbocycles. The first-order chi connectivity index (χ1) is 9.11. The molecule has 0 bridgehead atoms. The number of methoxy groups -OCH3 is 1. The normalized spacial score (nSPS) is 9.79. The van der Waals surface area contributed by atoms with Gasteiger partial charge in [-0.25, -0.2) is 0 Å². The van der Waals surface area contributed by atoms with Crippen molar-refractivity contribution < 1.29 is 19.1 Å². The molecule has 0 aromatic heterocycles. The molecule has 0 saturated heterocycles. The van der Waals surface area contributed by atoms with E-state index in [1.165, 1.54) is 7.11 Å². The van der Waals surface area contributed by atoms with Crippen molar-refractivity contribution in [1.29, 1.82) is 0 Å². The van der Waals surface area contributed by atoms with Crippen LogP contribution in [-0.2, 0) is 14.3 Å². The summed E-state index contributed by atoms with van der Waals surface area (Å²) in [6, 6.07) is 7.74. The van der Waals surface area contributed by atoms with Gasteiger partial charge in [0.15, 0.2) is 0 Å². The molecule has 0 radical (unpaired) electrons. The second kappa shape index (κ2) is 8.13. The van der Waals surface area contributed by atoms with Gasteiger partial charge in [-0.3, -0.25) is 9.59 Å². The van der Waals surface area contributed by atoms with E-state index in [2.05, 4.69) is 10.1 Å². The Morgan fingerprint density at radius 1 is 1.32 bits per heavy atom. The van der Waals surface area contributed by atoms with Crippen LogP contribution in [0.1, 0.15) is 18.4 Å². The number of nitrogens with one attached hydrogen (secondary N) is 1. The van der Waals surface area contributed by atoms with E-state index in [9.17, 15) is 9.59 Å². The van der Waals surface area contributed by atoms with E-state index in [4.69, 9.17) is 4.74 Å². The van der Waals surface area contributed by atoms with Crippen molar-refractivity contribution >= 4 is 11.9 Å². The van der Waals surface area contributed by atoms with E-state index in [1.807, 2.05) is 31.2 Å². The van der Waals surface area contributed by atoms with Crippen molar-refractivity contribution in [3.8, 4) is 5.75 Å². The van der Waals surface area contributed by atoms with E-state index < -0.39 is 5.97 Å². The Morgan fingerprint density at radius 2 is 2.11 bits per heavy atom. The fourth-order valence-electron chi connectivity index (χ4n) is 1.46. The van der Waals surface area contributed by atoms with E-state index >= 15 is 0 Å². The molecule has 0 spiro atoms. The Labute approximate surface area is 112 Å². The van der Waals surface area contributed by atoms with Gasteiger partial charge >= 0.3 is 5.97 Å². The van der Waals surface area contributed by atoms with Crippen molar-refractivity contribution in [2.45, 2.75) is 19.8 Å². The predicted molar refractivity (Wildman–Crippen MR) is 70.9 cm³/mol. The van der Waals surface area contributed by atoms with Crippen LogP contribution in [0.4, 0.5) is 0 Å². The molecule has 0 atom stereocenters. The molecular formula is C14H19NO4. The number of ether oxygens (including phenoxy) is 2. The van der Waals surface area contributed by atoms with Crippen LogP contribution >= 0.6 is 0 Å². The van der Waals surface area contributed by atoms with Crippen LogP contribution in [0.15, 0.2) is 24.3 Å². The van der Waals surface area contributed by atoms with Crippen LogP contribution in [0.2, 0.25) is 0 Å². The number of benzene rings is 1. The van der Waals surface area contributed by atoms with Crippen LogP contribution in [0.5, 0.6) is 5.75 Å². The molecule has 0 fully saturated rings. The fourth-order valence-corrected chi connectivity index (χ4v) is 1.46. The third kappa shape index (κ3) is 6.45. The first kappa shape index (κ1) is 15.0. The van der Waals surface area contributed by atoms with Gasteiger partial charge in [0.25, 0.3) is 0 Å². The molecule has 104 valence electrons. The Morgan fingerprint density at radius 3 is 2.79 bits per heavy atom. The summed E-state index contributed by atoms with van der Waals surface area (Å²) in [5.41, 5.74) is 1.13. The first-order valence-corrected chi connectivity index (χ1v) is 6.15. The molecule has 19 heavy (non-hydrogen) atoms. The van der Waals surface area contributed by atoms with Gasteiger partial charge in [0.1, 0.15) is 12.3 Å². The number of rotatable bonds is 7. The zero-order chi connectivity index (χ0) is 14.1. The average molecular weight is 265 g/mol. The lowest BCUT2D eigenvalue weighted by Gasteiger charge is -2.07. The van der Waals surface area contributed by atoms with Gasteiger partial charge < -0.3 is 14.8 Å². The highest BCUT2D eigenvalue weighted by Gasteiger charge is 2.05. The quantitative estimate of drug-likeness (QED) is 0.598. The lowest BCUT2D eigenvalue weighted by molar-refractivity contribution is -0.141. The van der Waals surface area contributed by atoms with E-state index in [0.29, 0.717) is 19.4 Å². The van der Waals surface area contributed by atoms with Crippen molar-refractivity contribution in [2.24, 2.45) is 0 Å². The van der Waals surface area contributed by atoms with E-state index in [1.54, 1.807) is 0 Å². The van der Waals surface area contributed by atoms with Gasteiger partial charge in [-0.05, 0) is 31.0 Å². The summed E-state index contributed by atoms with van der Waals surface area (Å²) >= 11 is 0. The molecule has 1 aromatic carbocycles. The Kier molecular flexibility index (Phi) is 6.43. The summed E-state index contributed by atoms with van der Waals surface area (Å²) in [6.45, 7) is 2.37. The first-order valence-electron chi connectivity index (χ1n) is 6.15.